The fourth-order valence-corrected chi connectivity index (χ4v) is 1.50. The third kappa shape index (κ3) is 1.40. The third-order valence-electron chi connectivity index (χ3n) is 1.62. The SMILES string of the molecule is CS(=O)(=O)c1cnc2[nH]ccc2n1. The topological polar surface area (TPSA) is 75.7 Å². The molecule has 0 radical (unpaired) electrons. The monoisotopic (exact) mass is 197 g/mol. The number of aromatic amines is 1. The molecule has 0 saturated heterocycles. The first-order valence-corrected chi connectivity index (χ1v) is 5.47. The zero-order chi connectivity index (χ0) is 9.47. The summed E-state index contributed by atoms with van der Waals surface area (Å²) in [6, 6.07) is 1.68. The van der Waals surface area contributed by atoms with E-state index in [1.807, 2.05) is 0 Å². The molecule has 0 fully saturated rings. The van der Waals surface area contributed by atoms with E-state index in [4.69, 9.17) is 0 Å². The van der Waals surface area contributed by atoms with Crippen LogP contribution in [-0.4, -0.2) is 29.6 Å². The lowest BCUT2D eigenvalue weighted by atomic mass is 10.5. The summed E-state index contributed by atoms with van der Waals surface area (Å²) >= 11 is 0. The Hall–Kier alpha value is -1.43. The van der Waals surface area contributed by atoms with Crippen LogP contribution in [0.4, 0.5) is 0 Å². The van der Waals surface area contributed by atoms with E-state index in [1.54, 1.807) is 12.3 Å². The molecule has 0 spiro atoms. The van der Waals surface area contributed by atoms with Gasteiger partial charge in [-0.05, 0) is 6.07 Å². The summed E-state index contributed by atoms with van der Waals surface area (Å²) in [5.41, 5.74) is 1.15. The zero-order valence-corrected chi connectivity index (χ0v) is 7.67. The lowest BCUT2D eigenvalue weighted by molar-refractivity contribution is 0.598. The third-order valence-corrected chi connectivity index (χ3v) is 2.58. The van der Waals surface area contributed by atoms with Crippen molar-refractivity contribution in [3.05, 3.63) is 18.5 Å². The van der Waals surface area contributed by atoms with E-state index in [-0.39, 0.29) is 5.03 Å². The molecule has 68 valence electrons. The van der Waals surface area contributed by atoms with Crippen molar-refractivity contribution in [2.45, 2.75) is 5.03 Å². The van der Waals surface area contributed by atoms with E-state index in [0.717, 1.165) is 6.26 Å². The van der Waals surface area contributed by atoms with Gasteiger partial charge in [0.25, 0.3) is 0 Å². The van der Waals surface area contributed by atoms with Crippen LogP contribution in [0.15, 0.2) is 23.5 Å². The summed E-state index contributed by atoms with van der Waals surface area (Å²) in [4.78, 5) is 10.7. The lowest BCUT2D eigenvalue weighted by Crippen LogP contribution is -2.00. The van der Waals surface area contributed by atoms with E-state index in [0.29, 0.717) is 11.2 Å². The lowest BCUT2D eigenvalue weighted by Gasteiger charge is -1.95. The van der Waals surface area contributed by atoms with Crippen molar-refractivity contribution in [3.63, 3.8) is 0 Å². The highest BCUT2D eigenvalue weighted by Gasteiger charge is 2.10. The molecule has 0 aliphatic heterocycles. The standard InChI is InChI=1S/C7H7N3O2S/c1-13(11,12)6-4-9-7-5(10-6)2-3-8-7/h2-4H,1H3,(H,8,9). The van der Waals surface area contributed by atoms with Crippen LogP contribution in [0, 0.1) is 0 Å². The summed E-state index contributed by atoms with van der Waals surface area (Å²) in [6.07, 6.45) is 4.01. The summed E-state index contributed by atoms with van der Waals surface area (Å²) in [6.45, 7) is 0. The Labute approximate surface area is 74.8 Å². The van der Waals surface area contributed by atoms with Crippen molar-refractivity contribution >= 4 is 21.0 Å². The maximum atomic E-state index is 11.1. The second-order valence-corrected chi connectivity index (χ2v) is 4.65. The summed E-state index contributed by atoms with van der Waals surface area (Å²) in [5, 5.41) is -0.000370. The maximum absolute atomic E-state index is 11.1. The van der Waals surface area contributed by atoms with Crippen LogP contribution in [0.5, 0.6) is 0 Å². The van der Waals surface area contributed by atoms with Gasteiger partial charge < -0.3 is 4.98 Å². The molecule has 0 saturated carbocycles. The Morgan fingerprint density at radius 2 is 2.23 bits per heavy atom. The molecular formula is C7H7N3O2S. The first-order valence-electron chi connectivity index (χ1n) is 3.57. The number of H-pyrrole nitrogens is 1. The first-order chi connectivity index (χ1) is 6.07. The molecule has 1 N–H and O–H groups in total. The normalized spacial score (nSPS) is 12.1. The van der Waals surface area contributed by atoms with Gasteiger partial charge in [0.05, 0.1) is 6.20 Å². The first kappa shape index (κ1) is 8.18. The van der Waals surface area contributed by atoms with Crippen LogP contribution in [0.2, 0.25) is 0 Å². The average molecular weight is 197 g/mol. The van der Waals surface area contributed by atoms with Crippen molar-refractivity contribution in [2.24, 2.45) is 0 Å². The van der Waals surface area contributed by atoms with E-state index in [9.17, 15) is 8.42 Å². The Morgan fingerprint density at radius 3 is 2.92 bits per heavy atom. The van der Waals surface area contributed by atoms with Crippen molar-refractivity contribution < 1.29 is 8.42 Å². The largest absolute Gasteiger partial charge is 0.345 e. The molecule has 0 aliphatic rings. The molecule has 5 nitrogen and oxygen atoms in total. The van der Waals surface area contributed by atoms with E-state index in [2.05, 4.69) is 15.0 Å². The molecule has 13 heavy (non-hydrogen) atoms. The number of rotatable bonds is 1. The number of aromatic nitrogens is 3. The van der Waals surface area contributed by atoms with Crippen molar-refractivity contribution in [1.29, 1.82) is 0 Å². The van der Waals surface area contributed by atoms with E-state index >= 15 is 0 Å². The van der Waals surface area contributed by atoms with Crippen molar-refractivity contribution in [2.75, 3.05) is 6.26 Å². The van der Waals surface area contributed by atoms with Crippen LogP contribution in [-0.2, 0) is 9.84 Å². The molecule has 2 aromatic heterocycles. The molecule has 0 atom stereocenters. The van der Waals surface area contributed by atoms with Gasteiger partial charge in [-0.25, -0.2) is 18.4 Å². The molecule has 0 unspecified atom stereocenters. The van der Waals surface area contributed by atoms with Gasteiger partial charge in [0.1, 0.15) is 5.52 Å². The highest BCUT2D eigenvalue weighted by molar-refractivity contribution is 7.90. The van der Waals surface area contributed by atoms with E-state index in [1.165, 1.54) is 6.20 Å². The molecule has 6 heteroatoms. The van der Waals surface area contributed by atoms with Gasteiger partial charge in [-0.15, -0.1) is 0 Å². The van der Waals surface area contributed by atoms with Gasteiger partial charge in [0.15, 0.2) is 20.5 Å². The Bertz CT molecular complexity index is 544. The minimum atomic E-state index is -3.26. The minimum absolute atomic E-state index is 0.000370. The average Bonchev–Trinajstić information content (AvgIpc) is 2.47. The highest BCUT2D eigenvalue weighted by Crippen LogP contribution is 2.09. The minimum Gasteiger partial charge on any atom is -0.345 e. The molecule has 2 heterocycles. The number of nitrogens with zero attached hydrogens (tertiary/aromatic N) is 2. The van der Waals surface area contributed by atoms with Crippen LogP contribution < -0.4 is 0 Å². The Morgan fingerprint density at radius 1 is 1.46 bits per heavy atom. The van der Waals surface area contributed by atoms with Crippen molar-refractivity contribution in [3.8, 4) is 0 Å². The quantitative estimate of drug-likeness (QED) is 0.716. The van der Waals surface area contributed by atoms with Gasteiger partial charge in [-0.3, -0.25) is 0 Å². The van der Waals surface area contributed by atoms with Crippen molar-refractivity contribution in [1.82, 2.24) is 15.0 Å². The van der Waals surface area contributed by atoms with Gasteiger partial charge in [-0.2, -0.15) is 0 Å². The van der Waals surface area contributed by atoms with Crippen LogP contribution in [0.25, 0.3) is 11.2 Å². The smallest absolute Gasteiger partial charge is 0.194 e. The van der Waals surface area contributed by atoms with Gasteiger partial charge in [0, 0.05) is 12.5 Å². The predicted octanol–water partition coefficient (Wildman–Crippen LogP) is 0.361. The fourth-order valence-electron chi connectivity index (χ4n) is 0.992. The second-order valence-electron chi connectivity index (χ2n) is 2.69. The van der Waals surface area contributed by atoms with E-state index < -0.39 is 9.84 Å². The van der Waals surface area contributed by atoms with Crippen LogP contribution in [0.3, 0.4) is 0 Å². The molecule has 0 bridgehead atoms. The number of sulfone groups is 1. The number of nitrogens with one attached hydrogen (secondary N) is 1. The molecule has 2 rings (SSSR count). The summed E-state index contributed by atoms with van der Waals surface area (Å²) < 4.78 is 22.2. The number of hydrogen-bond acceptors (Lipinski definition) is 4. The summed E-state index contributed by atoms with van der Waals surface area (Å²) in [7, 11) is -3.26. The summed E-state index contributed by atoms with van der Waals surface area (Å²) in [5.74, 6) is 0. The fraction of sp³-hybridized carbons (Fsp3) is 0.143. The Balaban J connectivity index is 2.75. The molecule has 2 aromatic rings. The Kier molecular flexibility index (Phi) is 1.59. The maximum Gasteiger partial charge on any atom is 0.194 e. The predicted molar refractivity (Wildman–Crippen MR) is 47.0 cm³/mol. The number of fused-ring (bicyclic) bond motifs is 1. The van der Waals surface area contributed by atoms with Crippen LogP contribution >= 0.6 is 0 Å². The second kappa shape index (κ2) is 2.53. The van der Waals surface area contributed by atoms with Gasteiger partial charge >= 0.3 is 0 Å². The zero-order valence-electron chi connectivity index (χ0n) is 6.85. The molecule has 0 aliphatic carbocycles. The highest BCUT2D eigenvalue weighted by atomic mass is 32.2. The number of hydrogen-bond donors (Lipinski definition) is 1. The molecular weight excluding hydrogens is 190 g/mol. The van der Waals surface area contributed by atoms with Gasteiger partial charge in [-0.1, -0.05) is 0 Å². The van der Waals surface area contributed by atoms with Gasteiger partial charge in [0.2, 0.25) is 0 Å². The van der Waals surface area contributed by atoms with Crippen LogP contribution in [0.1, 0.15) is 0 Å². The molecule has 0 aromatic carbocycles. The molecule has 0 amide bonds.